The molecule has 4 N–H and O–H groups in total. The van der Waals surface area contributed by atoms with Crippen molar-refractivity contribution in [2.75, 3.05) is 0 Å². The molecule has 0 saturated heterocycles. The minimum absolute atomic E-state index is 0.355. The molecule has 0 aliphatic carbocycles. The highest BCUT2D eigenvalue weighted by Gasteiger charge is 2.18. The first-order valence-corrected chi connectivity index (χ1v) is 3.77. The molecule has 0 aromatic heterocycles. The summed E-state index contributed by atoms with van der Waals surface area (Å²) >= 11 is 0. The maximum absolute atomic E-state index is 10.9. The molecular formula is C7H14N2O3. The van der Waals surface area contributed by atoms with E-state index in [1.807, 2.05) is 0 Å². The lowest BCUT2D eigenvalue weighted by molar-refractivity contribution is -0.142. The number of nitrogens with two attached hydrogens (primary N) is 1. The van der Waals surface area contributed by atoms with Gasteiger partial charge in [0.25, 0.3) is 0 Å². The van der Waals surface area contributed by atoms with Crippen LogP contribution in [0.4, 0.5) is 0 Å². The Labute approximate surface area is 70.9 Å². The lowest BCUT2D eigenvalue weighted by Gasteiger charge is -2.13. The number of carboxylic acid groups (broad SMARTS) is 1. The van der Waals surface area contributed by atoms with Crippen LogP contribution >= 0.6 is 0 Å². The van der Waals surface area contributed by atoms with Gasteiger partial charge in [0.05, 0.1) is 6.04 Å². The largest absolute Gasteiger partial charge is 0.480 e. The van der Waals surface area contributed by atoms with Crippen LogP contribution in [0.3, 0.4) is 0 Å². The van der Waals surface area contributed by atoms with Crippen molar-refractivity contribution < 1.29 is 14.7 Å². The van der Waals surface area contributed by atoms with Gasteiger partial charge in [0.1, 0.15) is 6.04 Å². The lowest BCUT2D eigenvalue weighted by atomic mass is 10.2. The fraction of sp³-hybridized carbons (Fsp3) is 0.714. The molecule has 0 saturated carbocycles. The number of hydrogen-bond donors (Lipinski definition) is 3. The highest BCUT2D eigenvalue weighted by Crippen LogP contribution is 1.91. The zero-order valence-electron chi connectivity index (χ0n) is 7.20. The molecule has 70 valence electrons. The molecule has 0 heterocycles. The van der Waals surface area contributed by atoms with E-state index in [2.05, 4.69) is 5.32 Å². The van der Waals surface area contributed by atoms with Gasteiger partial charge in [-0.05, 0) is 13.3 Å². The van der Waals surface area contributed by atoms with E-state index < -0.39 is 24.0 Å². The van der Waals surface area contributed by atoms with E-state index in [0.29, 0.717) is 6.42 Å². The van der Waals surface area contributed by atoms with Gasteiger partial charge in [-0.1, -0.05) is 6.92 Å². The molecule has 0 radical (unpaired) electrons. The smallest absolute Gasteiger partial charge is 0.326 e. The Morgan fingerprint density at radius 3 is 2.33 bits per heavy atom. The van der Waals surface area contributed by atoms with Gasteiger partial charge in [0.2, 0.25) is 5.91 Å². The molecule has 2 atom stereocenters. The van der Waals surface area contributed by atoms with E-state index in [1.54, 1.807) is 6.92 Å². The van der Waals surface area contributed by atoms with Crippen LogP contribution in [0.5, 0.6) is 0 Å². The number of hydrogen-bond acceptors (Lipinski definition) is 3. The minimum atomic E-state index is -1.04. The standard InChI is InChI=1S/C7H14N2O3/c1-3-5(7(11)12)9-6(10)4(2)8/h4-5H,3,8H2,1-2H3,(H,9,10)(H,11,12)/t4-,5+/m1/s1. The van der Waals surface area contributed by atoms with Gasteiger partial charge < -0.3 is 16.2 Å². The molecule has 5 heteroatoms. The van der Waals surface area contributed by atoms with Crippen LogP contribution in [0.25, 0.3) is 0 Å². The second-order valence-corrected chi connectivity index (χ2v) is 2.60. The molecular weight excluding hydrogens is 160 g/mol. The van der Waals surface area contributed by atoms with Crippen molar-refractivity contribution in [2.45, 2.75) is 32.4 Å². The van der Waals surface area contributed by atoms with E-state index in [4.69, 9.17) is 10.8 Å². The van der Waals surface area contributed by atoms with Gasteiger partial charge >= 0.3 is 5.97 Å². The van der Waals surface area contributed by atoms with Crippen LogP contribution in [0, 0.1) is 0 Å². The fourth-order valence-corrected chi connectivity index (χ4v) is 0.642. The summed E-state index contributed by atoms with van der Waals surface area (Å²) in [6.45, 7) is 3.18. The summed E-state index contributed by atoms with van der Waals surface area (Å²) < 4.78 is 0. The highest BCUT2D eigenvalue weighted by atomic mass is 16.4. The van der Waals surface area contributed by atoms with E-state index in [1.165, 1.54) is 6.92 Å². The maximum atomic E-state index is 10.9. The monoisotopic (exact) mass is 174 g/mol. The number of rotatable bonds is 4. The predicted octanol–water partition coefficient (Wildman–Crippen LogP) is -0.687. The third-order valence-corrected chi connectivity index (χ3v) is 1.44. The summed E-state index contributed by atoms with van der Waals surface area (Å²) in [4.78, 5) is 21.4. The Morgan fingerprint density at radius 1 is 1.58 bits per heavy atom. The summed E-state index contributed by atoms with van der Waals surface area (Å²) in [7, 11) is 0. The first-order chi connectivity index (χ1) is 5.49. The number of aliphatic carboxylic acids is 1. The summed E-state index contributed by atoms with van der Waals surface area (Å²) in [5.74, 6) is -1.48. The third kappa shape index (κ3) is 3.34. The first-order valence-electron chi connectivity index (χ1n) is 3.77. The summed E-state index contributed by atoms with van der Waals surface area (Å²) in [6.07, 6.45) is 0.355. The summed E-state index contributed by atoms with van der Waals surface area (Å²) in [6, 6.07) is -1.50. The Kier molecular flexibility index (Phi) is 4.28. The van der Waals surface area contributed by atoms with E-state index in [0.717, 1.165) is 0 Å². The molecule has 0 spiro atoms. The van der Waals surface area contributed by atoms with Gasteiger partial charge in [-0.15, -0.1) is 0 Å². The van der Waals surface area contributed by atoms with Crippen molar-refractivity contribution in [1.29, 1.82) is 0 Å². The van der Waals surface area contributed by atoms with Crippen LogP contribution in [0.2, 0.25) is 0 Å². The summed E-state index contributed by atoms with van der Waals surface area (Å²) in [5.41, 5.74) is 5.23. The van der Waals surface area contributed by atoms with Gasteiger partial charge in [0.15, 0.2) is 0 Å². The number of carbonyl (C=O) groups excluding carboxylic acids is 1. The van der Waals surface area contributed by atoms with Crippen molar-refractivity contribution in [3.63, 3.8) is 0 Å². The molecule has 0 bridgehead atoms. The molecule has 0 unspecified atom stereocenters. The van der Waals surface area contributed by atoms with Crippen LogP contribution in [0.1, 0.15) is 20.3 Å². The van der Waals surface area contributed by atoms with Crippen LogP contribution in [-0.2, 0) is 9.59 Å². The van der Waals surface area contributed by atoms with E-state index in [9.17, 15) is 9.59 Å². The van der Waals surface area contributed by atoms with Gasteiger partial charge in [-0.2, -0.15) is 0 Å². The maximum Gasteiger partial charge on any atom is 0.326 e. The zero-order valence-corrected chi connectivity index (χ0v) is 7.20. The normalized spacial score (nSPS) is 14.9. The highest BCUT2D eigenvalue weighted by molar-refractivity contribution is 5.86. The molecule has 1 amide bonds. The van der Waals surface area contributed by atoms with E-state index >= 15 is 0 Å². The second kappa shape index (κ2) is 4.71. The van der Waals surface area contributed by atoms with Crippen molar-refractivity contribution in [3.05, 3.63) is 0 Å². The third-order valence-electron chi connectivity index (χ3n) is 1.44. The van der Waals surface area contributed by atoms with Gasteiger partial charge in [-0.3, -0.25) is 4.79 Å². The summed E-state index contributed by atoms with van der Waals surface area (Å²) in [5, 5.41) is 10.9. The Balaban J connectivity index is 4.03. The average Bonchev–Trinajstić information content (AvgIpc) is 1.98. The molecule has 0 rings (SSSR count). The second-order valence-electron chi connectivity index (χ2n) is 2.60. The first kappa shape index (κ1) is 10.9. The fourth-order valence-electron chi connectivity index (χ4n) is 0.642. The molecule has 0 aliphatic heterocycles. The average molecular weight is 174 g/mol. The van der Waals surface area contributed by atoms with Crippen molar-refractivity contribution in [1.82, 2.24) is 5.32 Å². The van der Waals surface area contributed by atoms with Crippen molar-refractivity contribution in [3.8, 4) is 0 Å². The number of nitrogens with one attached hydrogen (secondary N) is 1. The lowest BCUT2D eigenvalue weighted by Crippen LogP contribution is -2.46. The van der Waals surface area contributed by atoms with Crippen molar-refractivity contribution in [2.24, 2.45) is 5.73 Å². The van der Waals surface area contributed by atoms with Gasteiger partial charge in [0, 0.05) is 0 Å². The molecule has 5 nitrogen and oxygen atoms in total. The SMILES string of the molecule is CC[C@H](NC(=O)[C@@H](C)N)C(=O)O. The van der Waals surface area contributed by atoms with Crippen LogP contribution < -0.4 is 11.1 Å². The number of carboxylic acids is 1. The molecule has 0 aromatic rings. The number of carbonyl (C=O) groups is 2. The topological polar surface area (TPSA) is 92.4 Å². The minimum Gasteiger partial charge on any atom is -0.480 e. The molecule has 0 aliphatic rings. The predicted molar refractivity (Wildman–Crippen MR) is 43.5 cm³/mol. The van der Waals surface area contributed by atoms with Crippen molar-refractivity contribution >= 4 is 11.9 Å². The quantitative estimate of drug-likeness (QED) is 0.526. The Hall–Kier alpha value is -1.10. The van der Waals surface area contributed by atoms with Gasteiger partial charge in [-0.25, -0.2) is 4.79 Å². The zero-order chi connectivity index (χ0) is 9.72. The molecule has 0 fully saturated rings. The van der Waals surface area contributed by atoms with Crippen LogP contribution in [-0.4, -0.2) is 29.1 Å². The Bertz CT molecular complexity index is 179. The Morgan fingerprint density at radius 2 is 2.08 bits per heavy atom. The molecule has 0 aromatic carbocycles. The van der Waals surface area contributed by atoms with Crippen LogP contribution in [0.15, 0.2) is 0 Å². The molecule has 12 heavy (non-hydrogen) atoms. The number of amides is 1. The van der Waals surface area contributed by atoms with E-state index in [-0.39, 0.29) is 0 Å².